The third-order valence-electron chi connectivity index (χ3n) is 7.45. The molecule has 2 aliphatic rings. The van der Waals surface area contributed by atoms with E-state index in [0.717, 1.165) is 27.0 Å². The van der Waals surface area contributed by atoms with E-state index in [1.807, 2.05) is 32.3 Å². The molecule has 1 N–H and O–H groups in total. The number of piperazine rings is 1. The van der Waals surface area contributed by atoms with E-state index in [4.69, 9.17) is 4.74 Å². The Balaban J connectivity index is 1.36. The maximum atomic E-state index is 13.8. The molecule has 4 heterocycles. The molecule has 41 heavy (non-hydrogen) atoms. The Hall–Kier alpha value is -2.57. The maximum absolute atomic E-state index is 13.8. The maximum Gasteiger partial charge on any atom is 0.283 e. The number of fused-ring (bicyclic) bond motifs is 2. The number of thiazole rings is 1. The molecule has 1 unspecified atom stereocenters. The highest BCUT2D eigenvalue weighted by Gasteiger charge is 2.38. The van der Waals surface area contributed by atoms with E-state index >= 15 is 0 Å². The number of rotatable bonds is 6. The summed E-state index contributed by atoms with van der Waals surface area (Å²) >= 11 is 1.43. The second-order valence-corrected chi connectivity index (χ2v) is 19.5. The van der Waals surface area contributed by atoms with Crippen LogP contribution in [0.2, 0.25) is 19.6 Å². The van der Waals surface area contributed by atoms with Crippen LogP contribution in [0, 0.1) is 11.5 Å². The lowest BCUT2D eigenvalue weighted by molar-refractivity contribution is -0.00173. The van der Waals surface area contributed by atoms with Crippen molar-refractivity contribution >= 4 is 46.2 Å². The van der Waals surface area contributed by atoms with Gasteiger partial charge in [-0.15, -0.1) is 16.9 Å². The summed E-state index contributed by atoms with van der Waals surface area (Å²) in [6, 6.07) is 7.08. The van der Waals surface area contributed by atoms with E-state index in [-0.39, 0.29) is 36.6 Å². The summed E-state index contributed by atoms with van der Waals surface area (Å²) in [5, 5.41) is 5.59. The van der Waals surface area contributed by atoms with Gasteiger partial charge in [-0.25, -0.2) is 23.4 Å². The Kier molecular flexibility index (Phi) is 8.46. The first-order valence-corrected chi connectivity index (χ1v) is 19.5. The van der Waals surface area contributed by atoms with E-state index in [1.165, 1.54) is 15.6 Å². The molecule has 10 nitrogen and oxygen atoms in total. The van der Waals surface area contributed by atoms with Gasteiger partial charge in [0.05, 0.1) is 12.2 Å². The monoisotopic (exact) mass is 614 g/mol. The molecule has 3 aromatic rings. The average Bonchev–Trinajstić information content (AvgIpc) is 3.54. The Morgan fingerprint density at radius 1 is 1.17 bits per heavy atom. The van der Waals surface area contributed by atoms with Crippen LogP contribution in [0.4, 0.5) is 0 Å². The van der Waals surface area contributed by atoms with E-state index in [0.29, 0.717) is 31.1 Å². The second-order valence-electron chi connectivity index (χ2n) is 11.8. The molecule has 0 saturated carbocycles. The molecule has 5 rings (SSSR count). The minimum Gasteiger partial charge on any atom is -0.385 e. The number of carbonyl (C=O) groups is 1. The van der Waals surface area contributed by atoms with Crippen molar-refractivity contribution in [1.82, 2.24) is 29.2 Å². The third kappa shape index (κ3) is 6.44. The first-order chi connectivity index (χ1) is 19.4. The Morgan fingerprint density at radius 3 is 2.66 bits per heavy atom. The SMILES string of the molecule is COCCC1CN(S(=O)(=O)c2cc3cc(C#C[Si](C)(C)C)ccc3[nH]2)CCN1C(=O)c1nc2c(s1)CN(C)N(C)C2. The van der Waals surface area contributed by atoms with Gasteiger partial charge in [0, 0.05) is 81.4 Å². The summed E-state index contributed by atoms with van der Waals surface area (Å²) in [5.41, 5.74) is 5.91. The number of benzene rings is 1. The van der Waals surface area contributed by atoms with Crippen molar-refractivity contribution < 1.29 is 17.9 Å². The summed E-state index contributed by atoms with van der Waals surface area (Å²) in [6.07, 6.45) is 0.524. The van der Waals surface area contributed by atoms with Gasteiger partial charge in [0.1, 0.15) is 13.1 Å². The molecule has 1 aromatic carbocycles. The van der Waals surface area contributed by atoms with Crippen molar-refractivity contribution in [2.45, 2.75) is 50.2 Å². The third-order valence-corrected chi connectivity index (χ3v) is 11.2. The minimum atomic E-state index is -3.81. The second kappa shape index (κ2) is 11.6. The van der Waals surface area contributed by atoms with Crippen LogP contribution in [0.15, 0.2) is 29.3 Å². The van der Waals surface area contributed by atoms with Crippen molar-refractivity contribution in [3.63, 3.8) is 0 Å². The zero-order chi connectivity index (χ0) is 29.5. The number of nitrogens with one attached hydrogen (secondary N) is 1. The van der Waals surface area contributed by atoms with E-state index in [9.17, 15) is 13.2 Å². The van der Waals surface area contributed by atoms with Crippen LogP contribution >= 0.6 is 11.3 Å². The Labute approximate surface area is 247 Å². The molecular formula is C28H38N6O4S2Si. The minimum absolute atomic E-state index is 0.147. The number of hydrogen-bond donors (Lipinski definition) is 1. The number of nitrogens with zero attached hydrogens (tertiary/aromatic N) is 5. The van der Waals surface area contributed by atoms with Crippen molar-refractivity contribution in [3.05, 3.63) is 45.4 Å². The van der Waals surface area contributed by atoms with Crippen molar-refractivity contribution in [2.24, 2.45) is 0 Å². The summed E-state index contributed by atoms with van der Waals surface area (Å²) < 4.78 is 34.4. The van der Waals surface area contributed by atoms with Crippen molar-refractivity contribution in [2.75, 3.05) is 47.4 Å². The number of amides is 1. The van der Waals surface area contributed by atoms with Crippen LogP contribution in [0.3, 0.4) is 0 Å². The van der Waals surface area contributed by atoms with Gasteiger partial charge in [-0.05, 0) is 30.7 Å². The number of methoxy groups -OCH3 is 1. The van der Waals surface area contributed by atoms with Crippen LogP contribution in [0.25, 0.3) is 10.9 Å². The molecule has 1 fully saturated rings. The number of H-pyrrole nitrogens is 1. The number of hydrogen-bond acceptors (Lipinski definition) is 8. The summed E-state index contributed by atoms with van der Waals surface area (Å²) in [4.78, 5) is 24.3. The molecule has 1 saturated heterocycles. The average molecular weight is 615 g/mol. The first-order valence-electron chi connectivity index (χ1n) is 13.7. The standard InChI is InChI=1S/C28H38N6O4S2Si/c1-31-18-24-25(19-32(31)2)39-27(30-24)28(35)34-12-11-33(17-22(34)9-13-38-3)40(36,37)26-16-21-15-20(7-8-23(21)29-26)10-14-41(4,5)6/h7-8,15-16,22,29H,9,11-13,17-19H2,1-6H3. The number of aromatic nitrogens is 2. The molecular weight excluding hydrogens is 577 g/mol. The van der Waals surface area contributed by atoms with Crippen LogP contribution in [0.1, 0.15) is 32.4 Å². The van der Waals surface area contributed by atoms with Gasteiger partial charge in [0.2, 0.25) is 0 Å². The van der Waals surface area contributed by atoms with Crippen LogP contribution < -0.4 is 0 Å². The van der Waals surface area contributed by atoms with Gasteiger partial charge >= 0.3 is 0 Å². The molecule has 2 aliphatic heterocycles. The van der Waals surface area contributed by atoms with Gasteiger partial charge in [-0.3, -0.25) is 4.79 Å². The zero-order valence-electron chi connectivity index (χ0n) is 24.5. The van der Waals surface area contributed by atoms with Crippen molar-refractivity contribution in [1.29, 1.82) is 0 Å². The van der Waals surface area contributed by atoms with Gasteiger partial charge in [-0.1, -0.05) is 25.6 Å². The fourth-order valence-corrected chi connectivity index (χ4v) is 8.12. The molecule has 1 atom stereocenters. The van der Waals surface area contributed by atoms with Gasteiger partial charge < -0.3 is 14.6 Å². The highest BCUT2D eigenvalue weighted by molar-refractivity contribution is 7.89. The van der Waals surface area contributed by atoms with Gasteiger partial charge in [0.25, 0.3) is 15.9 Å². The number of sulfonamides is 1. The van der Waals surface area contributed by atoms with Crippen molar-refractivity contribution in [3.8, 4) is 11.5 Å². The highest BCUT2D eigenvalue weighted by atomic mass is 32.2. The van der Waals surface area contributed by atoms with Crippen LogP contribution in [-0.2, 0) is 27.8 Å². The number of aromatic amines is 1. The summed E-state index contributed by atoms with van der Waals surface area (Å²) in [5.74, 6) is 3.09. The Morgan fingerprint density at radius 2 is 1.93 bits per heavy atom. The lowest BCUT2D eigenvalue weighted by Crippen LogP contribution is -2.56. The smallest absolute Gasteiger partial charge is 0.283 e. The number of carbonyl (C=O) groups excluding carboxylic acids is 1. The predicted molar refractivity (Wildman–Crippen MR) is 164 cm³/mol. The molecule has 13 heteroatoms. The summed E-state index contributed by atoms with van der Waals surface area (Å²) in [6.45, 7) is 9.04. The number of ether oxygens (including phenoxy) is 1. The molecule has 0 aliphatic carbocycles. The fourth-order valence-electron chi connectivity index (χ4n) is 5.05. The van der Waals surface area contributed by atoms with E-state index in [1.54, 1.807) is 18.1 Å². The lowest BCUT2D eigenvalue weighted by Gasteiger charge is -2.40. The van der Waals surface area contributed by atoms with Crippen LogP contribution in [0.5, 0.6) is 0 Å². The van der Waals surface area contributed by atoms with Crippen LogP contribution in [-0.4, -0.2) is 105 Å². The first kappa shape index (κ1) is 29.9. The van der Waals surface area contributed by atoms with Gasteiger partial charge in [-0.2, -0.15) is 4.31 Å². The zero-order valence-corrected chi connectivity index (χ0v) is 27.2. The van der Waals surface area contributed by atoms with Gasteiger partial charge in [0.15, 0.2) is 5.01 Å². The number of hydrazine groups is 1. The molecule has 2 aromatic heterocycles. The molecule has 1 amide bonds. The van der Waals surface area contributed by atoms with E-state index in [2.05, 4.69) is 51.1 Å². The lowest BCUT2D eigenvalue weighted by atomic mass is 10.1. The fraction of sp³-hybridized carbons (Fsp3) is 0.500. The quantitative estimate of drug-likeness (QED) is 0.336. The molecule has 0 radical (unpaired) electrons. The molecule has 220 valence electrons. The predicted octanol–water partition coefficient (Wildman–Crippen LogP) is 3.20. The summed E-state index contributed by atoms with van der Waals surface area (Å²) in [7, 11) is 0.278. The molecule has 0 bridgehead atoms. The topological polar surface area (TPSA) is 102 Å². The largest absolute Gasteiger partial charge is 0.385 e. The normalized spacial score (nSPS) is 19.3. The Bertz CT molecular complexity index is 1590. The molecule has 0 spiro atoms. The highest BCUT2D eigenvalue weighted by Crippen LogP contribution is 2.29. The van der Waals surface area contributed by atoms with E-state index < -0.39 is 18.1 Å².